The first-order chi connectivity index (χ1) is 6.39. The van der Waals surface area contributed by atoms with E-state index in [2.05, 4.69) is 15.2 Å². The third kappa shape index (κ3) is 1.02. The van der Waals surface area contributed by atoms with Crippen molar-refractivity contribution in [3.63, 3.8) is 0 Å². The zero-order chi connectivity index (χ0) is 8.73. The molecule has 1 aromatic heterocycles. The lowest BCUT2D eigenvalue weighted by Gasteiger charge is -2.44. The molecule has 1 N–H and O–H groups in total. The van der Waals surface area contributed by atoms with Crippen LogP contribution in [0.5, 0.6) is 0 Å². The number of nitrogens with one attached hydrogen (secondary N) is 1. The second-order valence-electron chi connectivity index (χ2n) is 4.59. The monoisotopic (exact) mass is 177 g/mol. The van der Waals surface area contributed by atoms with Gasteiger partial charge in [0.15, 0.2) is 5.82 Å². The fraction of sp³-hybridized carbons (Fsp3) is 0.800. The van der Waals surface area contributed by atoms with E-state index in [9.17, 15) is 0 Å². The lowest BCUT2D eigenvalue weighted by molar-refractivity contribution is 0.128. The number of H-pyrrole nitrogens is 1. The van der Waals surface area contributed by atoms with Crippen molar-refractivity contribution in [3.8, 4) is 0 Å². The number of hydrogen-bond acceptors (Lipinski definition) is 2. The Morgan fingerprint density at radius 3 is 2.46 bits per heavy atom. The van der Waals surface area contributed by atoms with Gasteiger partial charge < -0.3 is 0 Å². The second kappa shape index (κ2) is 2.56. The normalized spacial score (nSPS) is 38.0. The Morgan fingerprint density at radius 2 is 1.92 bits per heavy atom. The minimum absolute atomic E-state index is 0.356. The van der Waals surface area contributed by atoms with Crippen molar-refractivity contribution in [2.24, 2.45) is 5.92 Å². The first-order valence-electron chi connectivity index (χ1n) is 5.25. The number of rotatable bonds is 1. The van der Waals surface area contributed by atoms with E-state index < -0.39 is 0 Å². The molecule has 3 aliphatic carbocycles. The molecule has 3 saturated carbocycles. The molecule has 0 amide bonds. The van der Waals surface area contributed by atoms with Crippen LogP contribution in [0.15, 0.2) is 6.33 Å². The third-order valence-corrected chi connectivity index (χ3v) is 3.98. The highest BCUT2D eigenvalue weighted by Gasteiger charge is 2.43. The molecule has 1 heterocycles. The van der Waals surface area contributed by atoms with Crippen LogP contribution in [0, 0.1) is 5.92 Å². The van der Waals surface area contributed by atoms with Gasteiger partial charge in [0.2, 0.25) is 0 Å². The summed E-state index contributed by atoms with van der Waals surface area (Å²) in [5, 5.41) is 7.11. The Labute approximate surface area is 78.0 Å². The predicted octanol–water partition coefficient (Wildman–Crippen LogP) is 2.03. The van der Waals surface area contributed by atoms with Gasteiger partial charge in [-0.25, -0.2) is 4.98 Å². The van der Waals surface area contributed by atoms with Gasteiger partial charge in [-0.05, 0) is 44.4 Å². The molecule has 13 heavy (non-hydrogen) atoms. The molecular weight excluding hydrogens is 162 g/mol. The summed E-state index contributed by atoms with van der Waals surface area (Å²) in [4.78, 5) is 4.34. The number of nitrogens with zero attached hydrogens (tertiary/aromatic N) is 2. The average Bonchev–Trinajstić information content (AvgIpc) is 2.74. The molecule has 3 fully saturated rings. The Morgan fingerprint density at radius 1 is 1.23 bits per heavy atom. The van der Waals surface area contributed by atoms with Crippen LogP contribution in [0.4, 0.5) is 0 Å². The van der Waals surface area contributed by atoms with E-state index in [0.717, 1.165) is 11.7 Å². The SMILES string of the molecule is c1nc(C23CCC(CC2)CC3)n[nH]1. The molecule has 0 unspecified atom stereocenters. The van der Waals surface area contributed by atoms with Gasteiger partial charge in [-0.3, -0.25) is 5.10 Å². The zero-order valence-corrected chi connectivity index (χ0v) is 7.79. The van der Waals surface area contributed by atoms with Crippen molar-refractivity contribution in [3.05, 3.63) is 12.2 Å². The van der Waals surface area contributed by atoms with Gasteiger partial charge >= 0.3 is 0 Å². The van der Waals surface area contributed by atoms with E-state index in [1.807, 2.05) is 0 Å². The molecule has 0 atom stereocenters. The fourth-order valence-electron chi connectivity index (χ4n) is 3.05. The first-order valence-corrected chi connectivity index (χ1v) is 5.25. The van der Waals surface area contributed by atoms with Crippen LogP contribution in [0.25, 0.3) is 0 Å². The van der Waals surface area contributed by atoms with Crippen molar-refractivity contribution in [2.75, 3.05) is 0 Å². The topological polar surface area (TPSA) is 41.6 Å². The Hall–Kier alpha value is -0.860. The Balaban J connectivity index is 1.95. The molecule has 0 radical (unpaired) electrons. The van der Waals surface area contributed by atoms with Gasteiger partial charge in [-0.2, -0.15) is 5.10 Å². The molecule has 0 aromatic carbocycles. The summed E-state index contributed by atoms with van der Waals surface area (Å²) in [6.45, 7) is 0. The highest BCUT2D eigenvalue weighted by Crippen LogP contribution is 2.50. The molecule has 3 nitrogen and oxygen atoms in total. The number of aromatic amines is 1. The molecule has 1 aromatic rings. The van der Waals surface area contributed by atoms with E-state index in [-0.39, 0.29) is 0 Å². The minimum atomic E-state index is 0.356. The third-order valence-electron chi connectivity index (χ3n) is 3.98. The van der Waals surface area contributed by atoms with Crippen LogP contribution in [0.1, 0.15) is 44.3 Å². The van der Waals surface area contributed by atoms with Gasteiger partial charge in [0.05, 0.1) is 0 Å². The minimum Gasteiger partial charge on any atom is -0.266 e. The molecule has 0 aliphatic heterocycles. The number of fused-ring (bicyclic) bond motifs is 3. The van der Waals surface area contributed by atoms with Crippen molar-refractivity contribution in [1.29, 1.82) is 0 Å². The van der Waals surface area contributed by atoms with Crippen LogP contribution in [-0.4, -0.2) is 15.2 Å². The Bertz CT molecular complexity index is 269. The lowest BCUT2D eigenvalue weighted by atomic mass is 9.60. The van der Waals surface area contributed by atoms with Crippen LogP contribution in [-0.2, 0) is 5.41 Å². The maximum atomic E-state index is 4.34. The van der Waals surface area contributed by atoms with E-state index in [1.54, 1.807) is 6.33 Å². The largest absolute Gasteiger partial charge is 0.266 e. The number of aromatic nitrogens is 3. The molecule has 3 heteroatoms. The van der Waals surface area contributed by atoms with Gasteiger partial charge in [0, 0.05) is 5.41 Å². The molecule has 2 bridgehead atoms. The molecule has 3 aliphatic rings. The van der Waals surface area contributed by atoms with E-state index in [4.69, 9.17) is 0 Å². The van der Waals surface area contributed by atoms with Crippen molar-refractivity contribution in [2.45, 2.75) is 43.9 Å². The summed E-state index contributed by atoms with van der Waals surface area (Å²) >= 11 is 0. The van der Waals surface area contributed by atoms with Crippen molar-refractivity contribution in [1.82, 2.24) is 15.2 Å². The molecule has 70 valence electrons. The highest BCUT2D eigenvalue weighted by atomic mass is 15.2. The zero-order valence-electron chi connectivity index (χ0n) is 7.79. The highest BCUT2D eigenvalue weighted by molar-refractivity contribution is 5.11. The predicted molar refractivity (Wildman–Crippen MR) is 49.3 cm³/mol. The van der Waals surface area contributed by atoms with Crippen LogP contribution in [0.2, 0.25) is 0 Å². The van der Waals surface area contributed by atoms with E-state index >= 15 is 0 Å². The maximum Gasteiger partial charge on any atom is 0.156 e. The Kier molecular flexibility index (Phi) is 1.49. The van der Waals surface area contributed by atoms with E-state index in [1.165, 1.54) is 38.5 Å². The summed E-state index contributed by atoms with van der Waals surface area (Å²) in [6, 6.07) is 0. The maximum absolute atomic E-state index is 4.34. The molecule has 4 rings (SSSR count). The van der Waals surface area contributed by atoms with E-state index in [0.29, 0.717) is 5.41 Å². The fourth-order valence-corrected chi connectivity index (χ4v) is 3.05. The second-order valence-corrected chi connectivity index (χ2v) is 4.59. The summed E-state index contributed by atoms with van der Waals surface area (Å²) in [5.74, 6) is 2.09. The van der Waals surface area contributed by atoms with Gasteiger partial charge in [0.25, 0.3) is 0 Å². The lowest BCUT2D eigenvalue weighted by Crippen LogP contribution is -2.38. The van der Waals surface area contributed by atoms with Crippen molar-refractivity contribution >= 4 is 0 Å². The van der Waals surface area contributed by atoms with Crippen LogP contribution >= 0.6 is 0 Å². The quantitative estimate of drug-likeness (QED) is 0.713. The van der Waals surface area contributed by atoms with Gasteiger partial charge in [0.1, 0.15) is 6.33 Å². The number of hydrogen-bond donors (Lipinski definition) is 1. The smallest absolute Gasteiger partial charge is 0.156 e. The average molecular weight is 177 g/mol. The van der Waals surface area contributed by atoms with Gasteiger partial charge in [-0.1, -0.05) is 0 Å². The molecule has 0 saturated heterocycles. The summed E-state index contributed by atoms with van der Waals surface area (Å²) in [6.07, 6.45) is 9.85. The summed E-state index contributed by atoms with van der Waals surface area (Å²) < 4.78 is 0. The van der Waals surface area contributed by atoms with Crippen LogP contribution in [0.3, 0.4) is 0 Å². The molecular formula is C10H15N3. The summed E-state index contributed by atoms with van der Waals surface area (Å²) in [5.41, 5.74) is 0.356. The molecule has 0 spiro atoms. The first kappa shape index (κ1) is 7.54. The van der Waals surface area contributed by atoms with Crippen LogP contribution < -0.4 is 0 Å². The summed E-state index contributed by atoms with van der Waals surface area (Å²) in [7, 11) is 0. The van der Waals surface area contributed by atoms with Crippen molar-refractivity contribution < 1.29 is 0 Å². The van der Waals surface area contributed by atoms with Gasteiger partial charge in [-0.15, -0.1) is 0 Å². The standard InChI is InChI=1S/C10H15N3/c1-4-10(9-11-7-12-13-9)5-2-8(1)3-6-10/h7-8H,1-6H2,(H,11,12,13).